The van der Waals surface area contributed by atoms with Crippen LogP contribution in [0.25, 0.3) is 0 Å². The first-order valence-corrected chi connectivity index (χ1v) is 6.45. The van der Waals surface area contributed by atoms with Crippen LogP contribution in [0.15, 0.2) is 23.3 Å². The molecule has 1 heteroatoms. The van der Waals surface area contributed by atoms with Crippen LogP contribution in [0, 0.1) is 17.3 Å². The van der Waals surface area contributed by atoms with Gasteiger partial charge in [-0.1, -0.05) is 31.6 Å². The molecule has 0 amide bonds. The smallest absolute Gasteiger partial charge is 0.0782 e. The third-order valence-corrected chi connectivity index (χ3v) is 4.65. The van der Waals surface area contributed by atoms with Crippen molar-refractivity contribution in [2.75, 3.05) is 0 Å². The van der Waals surface area contributed by atoms with E-state index in [0.717, 1.165) is 17.9 Å². The summed E-state index contributed by atoms with van der Waals surface area (Å²) < 4.78 is 0. The fraction of sp³-hybridized carbons (Fsp3) is 0.733. The lowest BCUT2D eigenvalue weighted by molar-refractivity contribution is 0.213. The molecule has 16 heavy (non-hydrogen) atoms. The Balaban J connectivity index is 2.20. The zero-order valence-corrected chi connectivity index (χ0v) is 11.0. The van der Waals surface area contributed by atoms with Gasteiger partial charge in [-0.15, -0.1) is 0 Å². The second kappa shape index (κ2) is 4.03. The first-order chi connectivity index (χ1) is 7.43. The van der Waals surface area contributed by atoms with Crippen LogP contribution >= 0.6 is 0 Å². The number of rotatable bonds is 0. The summed E-state index contributed by atoms with van der Waals surface area (Å²) in [6.45, 7) is 8.98. The molecule has 0 aromatic carbocycles. The van der Waals surface area contributed by atoms with Gasteiger partial charge in [-0.3, -0.25) is 0 Å². The maximum atomic E-state index is 10.0. The van der Waals surface area contributed by atoms with E-state index in [1.54, 1.807) is 0 Å². The number of allylic oxidation sites excluding steroid dienone is 2. The fourth-order valence-electron chi connectivity index (χ4n) is 3.05. The summed E-state index contributed by atoms with van der Waals surface area (Å²) in [7, 11) is 0. The summed E-state index contributed by atoms with van der Waals surface area (Å²) in [5, 5.41) is 10.0. The monoisotopic (exact) mass is 220 g/mol. The first kappa shape index (κ1) is 11.9. The molecule has 0 bridgehead atoms. The fourth-order valence-corrected chi connectivity index (χ4v) is 3.05. The van der Waals surface area contributed by atoms with Crippen LogP contribution in [0.3, 0.4) is 0 Å². The normalized spacial score (nSPS) is 38.2. The molecule has 90 valence electrons. The van der Waals surface area contributed by atoms with E-state index in [2.05, 4.69) is 39.8 Å². The Morgan fingerprint density at radius 3 is 2.69 bits per heavy atom. The molecule has 0 aromatic rings. The van der Waals surface area contributed by atoms with E-state index in [1.807, 2.05) is 0 Å². The van der Waals surface area contributed by atoms with Gasteiger partial charge in [0.25, 0.3) is 0 Å². The zero-order chi connectivity index (χ0) is 11.9. The van der Waals surface area contributed by atoms with Crippen LogP contribution in [-0.2, 0) is 0 Å². The number of aliphatic hydroxyl groups excluding tert-OH is 1. The summed E-state index contributed by atoms with van der Waals surface area (Å²) in [6.07, 6.45) is 7.54. The van der Waals surface area contributed by atoms with Gasteiger partial charge < -0.3 is 5.11 Å². The molecule has 2 aliphatic carbocycles. The van der Waals surface area contributed by atoms with Crippen LogP contribution in [0.2, 0.25) is 0 Å². The van der Waals surface area contributed by atoms with Crippen molar-refractivity contribution in [3.8, 4) is 0 Å². The van der Waals surface area contributed by atoms with Crippen molar-refractivity contribution in [3.05, 3.63) is 23.3 Å². The molecule has 0 radical (unpaired) electrons. The highest BCUT2D eigenvalue weighted by Crippen LogP contribution is 2.61. The maximum absolute atomic E-state index is 10.0. The number of hydrogen-bond acceptors (Lipinski definition) is 1. The summed E-state index contributed by atoms with van der Waals surface area (Å²) in [6, 6.07) is 0. The summed E-state index contributed by atoms with van der Waals surface area (Å²) in [4.78, 5) is 0. The van der Waals surface area contributed by atoms with E-state index >= 15 is 0 Å². The van der Waals surface area contributed by atoms with Crippen LogP contribution in [0.1, 0.15) is 47.0 Å². The van der Waals surface area contributed by atoms with Gasteiger partial charge in [0.15, 0.2) is 0 Å². The highest BCUT2D eigenvalue weighted by atomic mass is 16.3. The highest BCUT2D eigenvalue weighted by Gasteiger charge is 2.55. The molecule has 0 spiro atoms. The molecule has 2 rings (SSSR count). The molecule has 3 atom stereocenters. The van der Waals surface area contributed by atoms with Crippen molar-refractivity contribution >= 4 is 0 Å². The van der Waals surface area contributed by atoms with Gasteiger partial charge in [-0.05, 0) is 55.9 Å². The van der Waals surface area contributed by atoms with Crippen LogP contribution < -0.4 is 0 Å². The highest BCUT2D eigenvalue weighted by molar-refractivity contribution is 5.22. The summed E-state index contributed by atoms with van der Waals surface area (Å²) in [5.74, 6) is 1.50. The van der Waals surface area contributed by atoms with Gasteiger partial charge in [-0.2, -0.15) is 0 Å². The molecule has 1 fully saturated rings. The number of fused-ring (bicyclic) bond motifs is 1. The van der Waals surface area contributed by atoms with Gasteiger partial charge in [0.2, 0.25) is 0 Å². The molecule has 3 unspecified atom stereocenters. The van der Waals surface area contributed by atoms with Gasteiger partial charge in [0.05, 0.1) is 6.10 Å². The van der Waals surface area contributed by atoms with E-state index in [9.17, 15) is 5.11 Å². The Kier molecular flexibility index (Phi) is 3.00. The minimum absolute atomic E-state index is 0.273. The SMILES string of the molecule is CC1=CCC(O)C(C)=CC2C(CC1)C2(C)C. The van der Waals surface area contributed by atoms with Crippen LogP contribution in [0.4, 0.5) is 0 Å². The summed E-state index contributed by atoms with van der Waals surface area (Å²) >= 11 is 0. The van der Waals surface area contributed by atoms with Crippen LogP contribution in [-0.4, -0.2) is 11.2 Å². The lowest BCUT2D eigenvalue weighted by Crippen LogP contribution is -2.08. The Labute approximate surface area is 99.3 Å². The van der Waals surface area contributed by atoms with E-state index in [-0.39, 0.29) is 6.10 Å². The van der Waals surface area contributed by atoms with Crippen molar-refractivity contribution < 1.29 is 5.11 Å². The molecule has 0 aromatic heterocycles. The molecule has 0 heterocycles. The van der Waals surface area contributed by atoms with E-state index in [1.165, 1.54) is 18.4 Å². The topological polar surface area (TPSA) is 20.2 Å². The predicted octanol–water partition coefficient (Wildman–Crippen LogP) is 3.70. The Hall–Kier alpha value is -0.560. The second-order valence-electron chi connectivity index (χ2n) is 6.20. The largest absolute Gasteiger partial charge is 0.388 e. The molecule has 0 aliphatic heterocycles. The van der Waals surface area contributed by atoms with Gasteiger partial charge >= 0.3 is 0 Å². The Morgan fingerprint density at radius 1 is 1.31 bits per heavy atom. The van der Waals surface area contributed by atoms with Crippen molar-refractivity contribution in [2.24, 2.45) is 17.3 Å². The molecule has 2 aliphatic rings. The van der Waals surface area contributed by atoms with Crippen molar-refractivity contribution in [1.82, 2.24) is 0 Å². The molecule has 1 nitrogen and oxygen atoms in total. The molecular formula is C15H24O. The lowest BCUT2D eigenvalue weighted by atomic mass is 10.00. The third-order valence-electron chi connectivity index (χ3n) is 4.65. The van der Waals surface area contributed by atoms with Gasteiger partial charge in [-0.25, -0.2) is 0 Å². The van der Waals surface area contributed by atoms with E-state index < -0.39 is 0 Å². The van der Waals surface area contributed by atoms with Crippen molar-refractivity contribution in [3.63, 3.8) is 0 Å². The minimum Gasteiger partial charge on any atom is -0.388 e. The molecule has 1 N–H and O–H groups in total. The second-order valence-corrected chi connectivity index (χ2v) is 6.20. The Bertz CT molecular complexity index is 335. The van der Waals surface area contributed by atoms with Gasteiger partial charge in [0, 0.05) is 0 Å². The van der Waals surface area contributed by atoms with Gasteiger partial charge in [0.1, 0.15) is 0 Å². The quantitative estimate of drug-likeness (QED) is 0.617. The molecule has 1 saturated carbocycles. The summed E-state index contributed by atoms with van der Waals surface area (Å²) in [5.41, 5.74) is 3.05. The number of aliphatic hydroxyl groups is 1. The van der Waals surface area contributed by atoms with Crippen molar-refractivity contribution in [2.45, 2.75) is 53.1 Å². The average molecular weight is 220 g/mol. The van der Waals surface area contributed by atoms with Crippen LogP contribution in [0.5, 0.6) is 0 Å². The van der Waals surface area contributed by atoms with Crippen molar-refractivity contribution in [1.29, 1.82) is 0 Å². The maximum Gasteiger partial charge on any atom is 0.0782 e. The predicted molar refractivity (Wildman–Crippen MR) is 68.1 cm³/mol. The van der Waals surface area contributed by atoms with E-state index in [0.29, 0.717) is 11.3 Å². The number of hydrogen-bond donors (Lipinski definition) is 1. The standard InChI is InChI=1S/C15H24O/c1-10-5-7-12-13(15(12,3)4)9-11(2)14(16)8-6-10/h6,9,12-14,16H,5,7-8H2,1-4H3. The average Bonchev–Trinajstić information content (AvgIpc) is 2.72. The lowest BCUT2D eigenvalue weighted by Gasteiger charge is -2.11. The first-order valence-electron chi connectivity index (χ1n) is 6.45. The molecular weight excluding hydrogens is 196 g/mol. The van der Waals surface area contributed by atoms with E-state index in [4.69, 9.17) is 0 Å². The zero-order valence-electron chi connectivity index (χ0n) is 11.0. The Morgan fingerprint density at radius 2 is 2.00 bits per heavy atom. The minimum atomic E-state index is -0.273. The third kappa shape index (κ3) is 2.10. The molecule has 0 saturated heterocycles.